The van der Waals surface area contributed by atoms with Gasteiger partial charge in [0.05, 0.1) is 22.1 Å². The molecule has 0 saturated carbocycles. The minimum atomic E-state index is -0.713. The molecule has 1 heterocycles. The van der Waals surface area contributed by atoms with Crippen LogP contribution in [0.4, 0.5) is 17.1 Å². The maximum Gasteiger partial charge on any atom is 0.301 e. The van der Waals surface area contributed by atoms with Crippen molar-refractivity contribution in [2.45, 2.75) is 0 Å². The van der Waals surface area contributed by atoms with E-state index in [1.54, 1.807) is 24.5 Å². The number of rotatable bonds is 5. The van der Waals surface area contributed by atoms with E-state index in [1.807, 2.05) is 0 Å². The van der Waals surface area contributed by atoms with Crippen molar-refractivity contribution < 1.29 is 9.85 Å². The van der Waals surface area contributed by atoms with E-state index in [-0.39, 0.29) is 11.4 Å². The van der Waals surface area contributed by atoms with E-state index in [0.717, 1.165) is 12.1 Å². The summed E-state index contributed by atoms with van der Waals surface area (Å²) in [6.45, 7) is 0. The molecule has 21 heavy (non-hydrogen) atoms. The SMILES string of the molecule is O=[N+]([O-])c1ccc(NN=Cc2cccnc2)c([N+](=O)[O-])c1. The third kappa shape index (κ3) is 3.56. The molecule has 0 unspecified atom stereocenters. The molecular weight excluding hydrogens is 278 g/mol. The van der Waals surface area contributed by atoms with Gasteiger partial charge in [-0.3, -0.25) is 30.6 Å². The lowest BCUT2D eigenvalue weighted by Gasteiger charge is -2.01. The summed E-state index contributed by atoms with van der Waals surface area (Å²) in [6, 6.07) is 6.74. The lowest BCUT2D eigenvalue weighted by atomic mass is 10.2. The number of pyridine rings is 1. The van der Waals surface area contributed by atoms with E-state index in [9.17, 15) is 20.2 Å². The van der Waals surface area contributed by atoms with Crippen molar-refractivity contribution in [2.24, 2.45) is 5.10 Å². The van der Waals surface area contributed by atoms with Crippen molar-refractivity contribution in [3.8, 4) is 0 Å². The Kier molecular flexibility index (Phi) is 4.14. The summed E-state index contributed by atoms with van der Waals surface area (Å²) in [4.78, 5) is 24.0. The molecule has 0 aliphatic rings. The predicted molar refractivity (Wildman–Crippen MR) is 75.2 cm³/mol. The van der Waals surface area contributed by atoms with Crippen molar-refractivity contribution in [3.05, 3.63) is 68.5 Å². The molecule has 0 aliphatic heterocycles. The van der Waals surface area contributed by atoms with Gasteiger partial charge in [0.1, 0.15) is 5.69 Å². The van der Waals surface area contributed by atoms with E-state index in [4.69, 9.17) is 0 Å². The molecular formula is C12H9N5O4. The minimum Gasteiger partial charge on any atom is -0.272 e. The number of non-ortho nitro benzene ring substituents is 1. The number of benzene rings is 1. The quantitative estimate of drug-likeness (QED) is 0.511. The Bertz CT molecular complexity index is 702. The molecule has 1 N–H and O–H groups in total. The molecule has 9 nitrogen and oxygen atoms in total. The van der Waals surface area contributed by atoms with Crippen LogP contribution in [0.3, 0.4) is 0 Å². The first kappa shape index (κ1) is 14.1. The third-order valence-electron chi connectivity index (χ3n) is 2.47. The number of nitrogens with one attached hydrogen (secondary N) is 1. The molecule has 106 valence electrons. The van der Waals surface area contributed by atoms with Gasteiger partial charge in [0.15, 0.2) is 0 Å². The maximum atomic E-state index is 10.9. The maximum absolute atomic E-state index is 10.9. The zero-order chi connectivity index (χ0) is 15.2. The second-order valence-corrected chi connectivity index (χ2v) is 3.87. The zero-order valence-corrected chi connectivity index (χ0v) is 10.5. The highest BCUT2D eigenvalue weighted by molar-refractivity contribution is 5.80. The van der Waals surface area contributed by atoms with Gasteiger partial charge < -0.3 is 0 Å². The van der Waals surface area contributed by atoms with Crippen LogP contribution in [0.15, 0.2) is 47.8 Å². The first-order chi connectivity index (χ1) is 10.1. The number of nitro benzene ring substituents is 2. The van der Waals surface area contributed by atoms with Crippen LogP contribution < -0.4 is 5.43 Å². The van der Waals surface area contributed by atoms with Gasteiger partial charge in [-0.2, -0.15) is 5.10 Å². The van der Waals surface area contributed by atoms with Gasteiger partial charge in [0, 0.05) is 24.0 Å². The van der Waals surface area contributed by atoms with Gasteiger partial charge in [-0.05, 0) is 12.1 Å². The predicted octanol–water partition coefficient (Wildman–Crippen LogP) is 2.34. The van der Waals surface area contributed by atoms with Crippen molar-refractivity contribution in [3.63, 3.8) is 0 Å². The van der Waals surface area contributed by atoms with E-state index in [2.05, 4.69) is 15.5 Å². The molecule has 9 heteroatoms. The van der Waals surface area contributed by atoms with Crippen molar-refractivity contribution >= 4 is 23.3 Å². The summed E-state index contributed by atoms with van der Waals surface area (Å²) in [5, 5.41) is 25.4. The summed E-state index contributed by atoms with van der Waals surface area (Å²) in [5.41, 5.74) is 2.47. The first-order valence-electron chi connectivity index (χ1n) is 5.70. The van der Waals surface area contributed by atoms with Crippen LogP contribution in [-0.4, -0.2) is 21.0 Å². The topological polar surface area (TPSA) is 124 Å². The van der Waals surface area contributed by atoms with Crippen LogP contribution in [0.5, 0.6) is 0 Å². The number of hydrogen-bond donors (Lipinski definition) is 1. The third-order valence-corrected chi connectivity index (χ3v) is 2.47. The Morgan fingerprint density at radius 1 is 1.19 bits per heavy atom. The molecule has 1 aromatic carbocycles. The van der Waals surface area contributed by atoms with Gasteiger partial charge in [-0.15, -0.1) is 0 Å². The molecule has 2 rings (SSSR count). The zero-order valence-electron chi connectivity index (χ0n) is 10.5. The molecule has 1 aromatic heterocycles. The fourth-order valence-corrected chi connectivity index (χ4v) is 1.51. The largest absolute Gasteiger partial charge is 0.301 e. The van der Waals surface area contributed by atoms with Gasteiger partial charge in [0.2, 0.25) is 0 Å². The van der Waals surface area contributed by atoms with E-state index in [1.165, 1.54) is 12.3 Å². The Balaban J connectivity index is 2.22. The highest BCUT2D eigenvalue weighted by atomic mass is 16.6. The fraction of sp³-hybridized carbons (Fsp3) is 0. The lowest BCUT2D eigenvalue weighted by Crippen LogP contribution is -1.98. The van der Waals surface area contributed by atoms with Crippen LogP contribution in [0.25, 0.3) is 0 Å². The summed E-state index contributed by atoms with van der Waals surface area (Å²) in [5.74, 6) is 0. The average Bonchev–Trinajstić information content (AvgIpc) is 2.48. The lowest BCUT2D eigenvalue weighted by molar-refractivity contribution is -0.393. The van der Waals surface area contributed by atoms with E-state index in [0.29, 0.717) is 5.56 Å². The highest BCUT2D eigenvalue weighted by Gasteiger charge is 2.18. The van der Waals surface area contributed by atoms with Crippen molar-refractivity contribution in [1.82, 2.24) is 4.98 Å². The Labute approximate surface area is 118 Å². The normalized spacial score (nSPS) is 10.5. The molecule has 0 spiro atoms. The first-order valence-corrected chi connectivity index (χ1v) is 5.70. The summed E-state index contributed by atoms with van der Waals surface area (Å²) >= 11 is 0. The second-order valence-electron chi connectivity index (χ2n) is 3.87. The summed E-state index contributed by atoms with van der Waals surface area (Å²) < 4.78 is 0. The Hall–Kier alpha value is -3.36. The fourth-order valence-electron chi connectivity index (χ4n) is 1.51. The van der Waals surface area contributed by atoms with E-state index < -0.39 is 15.5 Å². The molecule has 0 bridgehead atoms. The van der Waals surface area contributed by atoms with Crippen LogP contribution >= 0.6 is 0 Å². The number of anilines is 1. The minimum absolute atomic E-state index is 0.0609. The van der Waals surface area contributed by atoms with Gasteiger partial charge in [0.25, 0.3) is 5.69 Å². The van der Waals surface area contributed by atoms with Crippen molar-refractivity contribution in [2.75, 3.05) is 5.43 Å². The molecule has 0 aliphatic carbocycles. The highest BCUT2D eigenvalue weighted by Crippen LogP contribution is 2.28. The summed E-state index contributed by atoms with van der Waals surface area (Å²) in [6.07, 6.45) is 4.60. The summed E-state index contributed by atoms with van der Waals surface area (Å²) in [7, 11) is 0. The van der Waals surface area contributed by atoms with Crippen LogP contribution in [-0.2, 0) is 0 Å². The monoisotopic (exact) mass is 287 g/mol. The van der Waals surface area contributed by atoms with Gasteiger partial charge >= 0.3 is 5.69 Å². The number of nitrogens with zero attached hydrogens (tertiary/aromatic N) is 4. The number of aromatic nitrogens is 1. The average molecular weight is 287 g/mol. The van der Waals surface area contributed by atoms with Crippen LogP contribution in [0.1, 0.15) is 5.56 Å². The Morgan fingerprint density at radius 3 is 2.62 bits per heavy atom. The number of hydrogen-bond acceptors (Lipinski definition) is 7. The van der Waals surface area contributed by atoms with Crippen LogP contribution in [0.2, 0.25) is 0 Å². The number of nitro groups is 2. The smallest absolute Gasteiger partial charge is 0.272 e. The standard InChI is InChI=1S/C12H9N5O4/c18-16(19)10-3-4-11(12(6-10)17(20)21)15-14-8-9-2-1-5-13-7-9/h1-8,15H. The van der Waals surface area contributed by atoms with E-state index >= 15 is 0 Å². The molecule has 0 fully saturated rings. The molecule has 0 atom stereocenters. The van der Waals surface area contributed by atoms with Gasteiger partial charge in [-0.25, -0.2) is 0 Å². The second kappa shape index (κ2) is 6.19. The van der Waals surface area contributed by atoms with Crippen molar-refractivity contribution in [1.29, 1.82) is 0 Å². The molecule has 2 aromatic rings. The van der Waals surface area contributed by atoms with Gasteiger partial charge in [-0.1, -0.05) is 6.07 Å². The Morgan fingerprint density at radius 2 is 2.00 bits per heavy atom. The molecule has 0 radical (unpaired) electrons. The number of hydrazone groups is 1. The van der Waals surface area contributed by atoms with Crippen LogP contribution in [0, 0.1) is 20.2 Å². The molecule has 0 amide bonds. The molecule has 0 saturated heterocycles.